The Balaban J connectivity index is 1.62. The van der Waals surface area contributed by atoms with Crippen LogP contribution in [0.2, 0.25) is 0 Å². The number of benzene rings is 2. The van der Waals surface area contributed by atoms with E-state index in [4.69, 9.17) is 10.5 Å². The number of unbranched alkanes of at least 4 members (excludes halogenated alkanes) is 1. The van der Waals surface area contributed by atoms with Crippen molar-refractivity contribution in [3.8, 4) is 5.75 Å². The van der Waals surface area contributed by atoms with E-state index < -0.39 is 23.5 Å². The second-order valence-corrected chi connectivity index (χ2v) is 9.70. The fraction of sp³-hybridized carbons (Fsp3) is 0.464. The maximum atomic E-state index is 13.2. The summed E-state index contributed by atoms with van der Waals surface area (Å²) in [5.74, 6) is -1.05. The molecule has 8 heteroatoms. The molecule has 0 spiro atoms. The first kappa shape index (κ1) is 27.2. The van der Waals surface area contributed by atoms with Crippen molar-refractivity contribution in [2.24, 2.45) is 5.73 Å². The molecular weight excluding hydrogens is 458 g/mol. The smallest absolute Gasteiger partial charge is 0.326 e. The van der Waals surface area contributed by atoms with E-state index in [0.29, 0.717) is 44.4 Å². The van der Waals surface area contributed by atoms with E-state index in [1.807, 2.05) is 38.1 Å². The molecule has 1 aliphatic rings. The SMILES string of the molecule is Cc1cc(C)cc(NC(=O)Cc2ccc(OC3(C(=O)N[C@@H](CCCCN)C(=O)O)CCCC3)cc2)c1. The fourth-order valence-corrected chi connectivity index (χ4v) is 4.70. The summed E-state index contributed by atoms with van der Waals surface area (Å²) in [5.41, 5.74) is 8.17. The second kappa shape index (κ2) is 12.5. The minimum atomic E-state index is -1.09. The highest BCUT2D eigenvalue weighted by molar-refractivity contribution is 5.92. The summed E-state index contributed by atoms with van der Waals surface area (Å²) in [4.78, 5) is 37.3. The van der Waals surface area contributed by atoms with Gasteiger partial charge < -0.3 is 26.2 Å². The summed E-state index contributed by atoms with van der Waals surface area (Å²) < 4.78 is 6.19. The van der Waals surface area contributed by atoms with Gasteiger partial charge in [-0.1, -0.05) is 18.2 Å². The molecule has 8 nitrogen and oxygen atoms in total. The number of carbonyl (C=O) groups is 3. The van der Waals surface area contributed by atoms with Crippen molar-refractivity contribution in [1.82, 2.24) is 5.32 Å². The molecule has 2 aromatic rings. The third-order valence-corrected chi connectivity index (χ3v) is 6.48. The topological polar surface area (TPSA) is 131 Å². The summed E-state index contributed by atoms with van der Waals surface area (Å²) >= 11 is 0. The third kappa shape index (κ3) is 7.55. The van der Waals surface area contributed by atoms with E-state index in [1.165, 1.54) is 0 Å². The number of carboxylic acids is 1. The first-order valence-electron chi connectivity index (χ1n) is 12.6. The largest absolute Gasteiger partial charge is 0.480 e. The lowest BCUT2D eigenvalue weighted by atomic mass is 9.99. The van der Waals surface area contributed by atoms with Gasteiger partial charge in [-0.25, -0.2) is 4.79 Å². The van der Waals surface area contributed by atoms with Gasteiger partial charge in [-0.2, -0.15) is 0 Å². The van der Waals surface area contributed by atoms with Crippen LogP contribution >= 0.6 is 0 Å². The predicted molar refractivity (Wildman–Crippen MR) is 139 cm³/mol. The monoisotopic (exact) mass is 495 g/mol. The van der Waals surface area contributed by atoms with Crippen molar-refractivity contribution < 1.29 is 24.2 Å². The van der Waals surface area contributed by atoms with Gasteiger partial charge in [0.2, 0.25) is 5.91 Å². The van der Waals surface area contributed by atoms with Crippen LogP contribution in [0.3, 0.4) is 0 Å². The molecule has 0 aliphatic heterocycles. The van der Waals surface area contributed by atoms with Crippen LogP contribution in [0.5, 0.6) is 5.75 Å². The number of aliphatic carboxylic acids is 1. The van der Waals surface area contributed by atoms with Crippen LogP contribution < -0.4 is 21.1 Å². The Hall–Kier alpha value is -3.39. The molecule has 1 atom stereocenters. The van der Waals surface area contributed by atoms with Gasteiger partial charge in [-0.15, -0.1) is 0 Å². The number of hydrogen-bond donors (Lipinski definition) is 4. The Kier molecular flexibility index (Phi) is 9.47. The Morgan fingerprint density at radius 3 is 2.25 bits per heavy atom. The van der Waals surface area contributed by atoms with Crippen molar-refractivity contribution >= 4 is 23.5 Å². The summed E-state index contributed by atoms with van der Waals surface area (Å²) in [7, 11) is 0. The van der Waals surface area contributed by atoms with Gasteiger partial charge in [0.15, 0.2) is 5.60 Å². The zero-order valence-electron chi connectivity index (χ0n) is 21.1. The minimum Gasteiger partial charge on any atom is -0.480 e. The Labute approximate surface area is 212 Å². The molecule has 0 aromatic heterocycles. The Morgan fingerprint density at radius 2 is 1.67 bits per heavy atom. The van der Waals surface area contributed by atoms with Crippen molar-refractivity contribution in [1.29, 1.82) is 0 Å². The fourth-order valence-electron chi connectivity index (χ4n) is 4.70. The van der Waals surface area contributed by atoms with Gasteiger partial charge in [-0.3, -0.25) is 9.59 Å². The summed E-state index contributed by atoms with van der Waals surface area (Å²) in [6.45, 7) is 4.46. The first-order valence-corrected chi connectivity index (χ1v) is 12.6. The molecule has 1 saturated carbocycles. The molecule has 0 heterocycles. The van der Waals surface area contributed by atoms with Crippen LogP contribution in [0.15, 0.2) is 42.5 Å². The molecule has 0 saturated heterocycles. The third-order valence-electron chi connectivity index (χ3n) is 6.48. The van der Waals surface area contributed by atoms with E-state index in [0.717, 1.165) is 35.2 Å². The molecule has 2 aromatic carbocycles. The lowest BCUT2D eigenvalue weighted by Crippen LogP contribution is -2.54. The number of anilines is 1. The molecule has 194 valence electrons. The molecular formula is C28H37N3O5. The standard InChI is InChI=1S/C28H37N3O5/c1-19-15-20(2)17-22(16-19)30-25(32)18-21-8-10-23(11-9-21)36-28(12-4-5-13-28)27(35)31-24(26(33)34)7-3-6-14-29/h8-11,15-17,24H,3-7,12-14,18,29H2,1-2H3,(H,30,32)(H,31,35)(H,33,34)/t24-/m0/s1. The molecule has 5 N–H and O–H groups in total. The molecule has 1 aliphatic carbocycles. The minimum absolute atomic E-state index is 0.116. The van der Waals surface area contributed by atoms with Crippen LogP contribution in [-0.2, 0) is 20.8 Å². The van der Waals surface area contributed by atoms with Crippen molar-refractivity contribution in [2.45, 2.75) is 76.9 Å². The molecule has 0 unspecified atom stereocenters. The van der Waals surface area contributed by atoms with Crippen molar-refractivity contribution in [3.63, 3.8) is 0 Å². The van der Waals surface area contributed by atoms with E-state index in [-0.39, 0.29) is 12.3 Å². The lowest BCUT2D eigenvalue weighted by molar-refractivity contribution is -0.146. The number of amides is 2. The number of nitrogens with one attached hydrogen (secondary N) is 2. The number of aryl methyl sites for hydroxylation is 2. The van der Waals surface area contributed by atoms with E-state index in [2.05, 4.69) is 16.7 Å². The van der Waals surface area contributed by atoms with Gasteiger partial charge in [0.25, 0.3) is 5.91 Å². The van der Waals surface area contributed by atoms with Gasteiger partial charge in [0, 0.05) is 5.69 Å². The van der Waals surface area contributed by atoms with Crippen LogP contribution in [-0.4, -0.2) is 41.1 Å². The number of ether oxygens (including phenoxy) is 1. The highest BCUT2D eigenvalue weighted by Gasteiger charge is 2.44. The number of carbonyl (C=O) groups excluding carboxylic acids is 2. The second-order valence-electron chi connectivity index (χ2n) is 9.70. The Morgan fingerprint density at radius 1 is 1.03 bits per heavy atom. The molecule has 1 fully saturated rings. The number of nitrogens with two attached hydrogens (primary N) is 1. The maximum Gasteiger partial charge on any atom is 0.326 e. The zero-order valence-corrected chi connectivity index (χ0v) is 21.1. The van der Waals surface area contributed by atoms with Gasteiger partial charge >= 0.3 is 5.97 Å². The number of rotatable bonds is 12. The summed E-state index contributed by atoms with van der Waals surface area (Å²) in [5, 5.41) is 15.2. The summed E-state index contributed by atoms with van der Waals surface area (Å²) in [6.07, 6.45) is 4.57. The van der Waals surface area contributed by atoms with E-state index >= 15 is 0 Å². The summed E-state index contributed by atoms with van der Waals surface area (Å²) in [6, 6.07) is 12.1. The van der Waals surface area contributed by atoms with Crippen LogP contribution in [0.4, 0.5) is 5.69 Å². The van der Waals surface area contributed by atoms with Crippen molar-refractivity contribution in [3.05, 3.63) is 59.2 Å². The quantitative estimate of drug-likeness (QED) is 0.331. The molecule has 0 radical (unpaired) electrons. The number of hydrogen-bond acceptors (Lipinski definition) is 5. The highest BCUT2D eigenvalue weighted by atomic mass is 16.5. The zero-order chi connectivity index (χ0) is 26.1. The van der Waals surface area contributed by atoms with Crippen LogP contribution in [0.1, 0.15) is 61.6 Å². The van der Waals surface area contributed by atoms with Gasteiger partial charge in [-0.05, 0) is 106 Å². The molecule has 3 rings (SSSR count). The highest BCUT2D eigenvalue weighted by Crippen LogP contribution is 2.35. The van der Waals surface area contributed by atoms with E-state index in [1.54, 1.807) is 12.1 Å². The predicted octanol–water partition coefficient (Wildman–Crippen LogP) is 3.87. The van der Waals surface area contributed by atoms with Crippen molar-refractivity contribution in [2.75, 3.05) is 11.9 Å². The van der Waals surface area contributed by atoms with Crippen LogP contribution in [0.25, 0.3) is 0 Å². The first-order chi connectivity index (χ1) is 17.2. The number of carboxylic acid groups (broad SMARTS) is 1. The Bertz CT molecular complexity index is 1040. The molecule has 36 heavy (non-hydrogen) atoms. The molecule has 0 bridgehead atoms. The normalized spacial score (nSPS) is 15.2. The van der Waals surface area contributed by atoms with E-state index in [9.17, 15) is 19.5 Å². The van der Waals surface area contributed by atoms with Gasteiger partial charge in [0.05, 0.1) is 6.42 Å². The average molecular weight is 496 g/mol. The maximum absolute atomic E-state index is 13.2. The van der Waals surface area contributed by atoms with Crippen LogP contribution in [0, 0.1) is 13.8 Å². The van der Waals surface area contributed by atoms with Gasteiger partial charge in [0.1, 0.15) is 11.8 Å². The molecule has 2 amide bonds. The lowest BCUT2D eigenvalue weighted by Gasteiger charge is -2.30. The average Bonchev–Trinajstić information content (AvgIpc) is 3.28.